The van der Waals surface area contributed by atoms with Gasteiger partial charge in [0.25, 0.3) is 0 Å². The second-order valence-corrected chi connectivity index (χ2v) is 4.55. The predicted octanol–water partition coefficient (Wildman–Crippen LogP) is 4.11. The molecule has 1 nitrogen and oxygen atoms in total. The maximum atomic E-state index is 12.8. The quantitative estimate of drug-likeness (QED) is 0.726. The monoisotopic (exact) mass is 372 g/mol. The maximum Gasteiger partial charge on any atom is 0.416 e. The van der Waals surface area contributed by atoms with Crippen LogP contribution in [0.15, 0.2) is 18.2 Å². The summed E-state index contributed by atoms with van der Waals surface area (Å²) in [5.41, 5.74) is -0.181. The molecule has 0 atom stereocenters. The fraction of sp³-hybridized carbons (Fsp3) is 0.364. The third-order valence-corrected chi connectivity index (χ3v) is 3.47. The van der Waals surface area contributed by atoms with Crippen molar-refractivity contribution >= 4 is 37.6 Å². The minimum absolute atomic E-state index is 0.0565. The minimum Gasteiger partial charge on any atom is -0.298 e. The first kappa shape index (κ1) is 14.7. The van der Waals surface area contributed by atoms with Gasteiger partial charge in [-0.3, -0.25) is 4.79 Å². The van der Waals surface area contributed by atoms with Gasteiger partial charge in [-0.25, -0.2) is 0 Å². The molecule has 0 bridgehead atoms. The lowest BCUT2D eigenvalue weighted by Gasteiger charge is -2.15. The Kier molecular flexibility index (Phi) is 5.19. The van der Waals surface area contributed by atoms with E-state index in [1.54, 1.807) is 6.07 Å². The Bertz CT molecular complexity index is 416. The van der Waals surface area contributed by atoms with Crippen LogP contribution in [0.1, 0.15) is 16.7 Å². The molecule has 1 aromatic rings. The zero-order valence-corrected chi connectivity index (χ0v) is 11.8. The highest BCUT2D eigenvalue weighted by Crippen LogP contribution is 2.34. The first-order chi connectivity index (χ1) is 7.90. The summed E-state index contributed by atoms with van der Waals surface area (Å²) in [6, 6.07) is 3.94. The summed E-state index contributed by atoms with van der Waals surface area (Å²) in [5.74, 6) is -0.274. The van der Waals surface area contributed by atoms with Crippen LogP contribution in [0.3, 0.4) is 0 Å². The van der Waals surface area contributed by atoms with Crippen molar-refractivity contribution in [2.24, 2.45) is 0 Å². The van der Waals surface area contributed by atoms with Crippen molar-refractivity contribution in [3.8, 4) is 0 Å². The van der Waals surface area contributed by atoms with Gasteiger partial charge < -0.3 is 0 Å². The Morgan fingerprint density at radius 3 is 2.35 bits per heavy atom. The predicted molar refractivity (Wildman–Crippen MR) is 66.6 cm³/mol. The topological polar surface area (TPSA) is 17.1 Å². The van der Waals surface area contributed by atoms with Crippen molar-refractivity contribution in [3.63, 3.8) is 0 Å². The Morgan fingerprint density at radius 1 is 1.24 bits per heavy atom. The molecule has 1 rings (SSSR count). The second kappa shape index (κ2) is 6.00. The molecule has 0 radical (unpaired) electrons. The van der Waals surface area contributed by atoms with Crippen molar-refractivity contribution in [1.29, 1.82) is 0 Å². The van der Waals surface area contributed by atoms with Crippen molar-refractivity contribution in [2.75, 3.05) is 5.33 Å². The molecule has 0 unspecified atom stereocenters. The molecule has 1 aromatic carbocycles. The van der Waals surface area contributed by atoms with Crippen LogP contribution in [0.2, 0.25) is 0 Å². The lowest BCUT2D eigenvalue weighted by molar-refractivity contribution is -0.138. The molecule has 0 aliphatic carbocycles. The zero-order chi connectivity index (χ0) is 13.1. The Hall–Kier alpha value is -0.360. The number of carbonyl (C=O) groups excluding carboxylic acids is 1. The summed E-state index contributed by atoms with van der Waals surface area (Å²) in [6.45, 7) is 0. The van der Waals surface area contributed by atoms with E-state index in [1.165, 1.54) is 6.07 Å². The second-order valence-electron chi connectivity index (χ2n) is 3.42. The number of carbonyl (C=O) groups is 1. The molecule has 0 heterocycles. The zero-order valence-electron chi connectivity index (χ0n) is 8.65. The number of hydrogen-bond donors (Lipinski definition) is 0. The first-order valence-electron chi connectivity index (χ1n) is 4.71. The molecule has 0 saturated heterocycles. The smallest absolute Gasteiger partial charge is 0.298 e. The number of alkyl halides is 5. The van der Waals surface area contributed by atoms with Crippen LogP contribution >= 0.6 is 31.9 Å². The summed E-state index contributed by atoms with van der Waals surface area (Å²) in [5, 5.41) is 0.350. The van der Waals surface area contributed by atoms with E-state index in [0.717, 1.165) is 6.07 Å². The molecule has 94 valence electrons. The number of halogens is 5. The lowest BCUT2D eigenvalue weighted by atomic mass is 9.97. The van der Waals surface area contributed by atoms with Crippen molar-refractivity contribution in [1.82, 2.24) is 0 Å². The normalized spacial score (nSPS) is 11.6. The summed E-state index contributed by atoms with van der Waals surface area (Å²) >= 11 is 6.08. The molecule has 0 spiro atoms. The summed E-state index contributed by atoms with van der Waals surface area (Å²) in [4.78, 5) is 11.3. The maximum absolute atomic E-state index is 12.8. The molecule has 0 amide bonds. The van der Waals surface area contributed by atoms with E-state index in [0.29, 0.717) is 10.9 Å². The van der Waals surface area contributed by atoms with Gasteiger partial charge in [0.1, 0.15) is 5.78 Å². The lowest BCUT2D eigenvalue weighted by Crippen LogP contribution is -2.15. The summed E-state index contributed by atoms with van der Waals surface area (Å²) in [7, 11) is 0. The van der Waals surface area contributed by atoms with Gasteiger partial charge in [0.2, 0.25) is 0 Å². The van der Waals surface area contributed by atoms with Gasteiger partial charge in [0.05, 0.1) is 10.9 Å². The van der Waals surface area contributed by atoms with Crippen LogP contribution in [0.25, 0.3) is 0 Å². The van der Waals surface area contributed by atoms with E-state index in [2.05, 4.69) is 31.9 Å². The van der Waals surface area contributed by atoms with E-state index in [-0.39, 0.29) is 23.1 Å². The largest absolute Gasteiger partial charge is 0.416 e. The van der Waals surface area contributed by atoms with Crippen LogP contribution in [-0.2, 0) is 22.7 Å². The number of ketones is 1. The van der Waals surface area contributed by atoms with E-state index >= 15 is 0 Å². The van der Waals surface area contributed by atoms with Crippen molar-refractivity contribution in [3.05, 3.63) is 34.9 Å². The molecule has 0 aromatic heterocycles. The highest BCUT2D eigenvalue weighted by molar-refractivity contribution is 9.09. The van der Waals surface area contributed by atoms with Crippen LogP contribution < -0.4 is 0 Å². The molecular formula is C11H9Br2F3O. The Labute approximate surface area is 114 Å². The minimum atomic E-state index is -4.43. The van der Waals surface area contributed by atoms with Gasteiger partial charge in [-0.2, -0.15) is 13.2 Å². The van der Waals surface area contributed by atoms with Crippen molar-refractivity contribution < 1.29 is 18.0 Å². The van der Waals surface area contributed by atoms with E-state index in [1.807, 2.05) is 0 Å². The van der Waals surface area contributed by atoms with E-state index in [9.17, 15) is 18.0 Å². The average molecular weight is 374 g/mol. The molecule has 17 heavy (non-hydrogen) atoms. The van der Waals surface area contributed by atoms with Gasteiger partial charge in [-0.05, 0) is 17.2 Å². The van der Waals surface area contributed by atoms with Crippen LogP contribution in [0, 0.1) is 0 Å². The Morgan fingerprint density at radius 2 is 1.88 bits per heavy atom. The molecule has 0 aliphatic rings. The molecule has 0 aliphatic heterocycles. The van der Waals surface area contributed by atoms with E-state index in [4.69, 9.17) is 0 Å². The molecule has 6 heteroatoms. The van der Waals surface area contributed by atoms with Crippen LogP contribution in [0.5, 0.6) is 0 Å². The van der Waals surface area contributed by atoms with E-state index < -0.39 is 11.7 Å². The SMILES string of the molecule is O=C(CBr)Cc1c(CBr)cccc1C(F)(F)F. The molecular weight excluding hydrogens is 365 g/mol. The summed E-state index contributed by atoms with van der Waals surface area (Å²) < 4.78 is 38.3. The fourth-order valence-corrected chi connectivity index (χ4v) is 2.20. The van der Waals surface area contributed by atoms with Gasteiger partial charge in [-0.1, -0.05) is 44.0 Å². The third kappa shape index (κ3) is 3.81. The highest BCUT2D eigenvalue weighted by atomic mass is 79.9. The molecule has 0 N–H and O–H groups in total. The van der Waals surface area contributed by atoms with Gasteiger partial charge in [0.15, 0.2) is 0 Å². The van der Waals surface area contributed by atoms with Crippen molar-refractivity contribution in [2.45, 2.75) is 17.9 Å². The molecule has 0 fully saturated rings. The number of rotatable bonds is 4. The standard InChI is InChI=1S/C11H9Br2F3O/c12-5-7-2-1-3-10(11(14,15)16)9(7)4-8(17)6-13/h1-3H,4-6H2. The van der Waals surface area contributed by atoms with Crippen LogP contribution in [-0.4, -0.2) is 11.1 Å². The number of hydrogen-bond acceptors (Lipinski definition) is 1. The number of benzene rings is 1. The first-order valence-corrected chi connectivity index (χ1v) is 6.96. The van der Waals surface area contributed by atoms with Gasteiger partial charge >= 0.3 is 6.18 Å². The third-order valence-electron chi connectivity index (χ3n) is 2.25. The number of Topliss-reactive ketones (excluding diaryl/α,β-unsaturated/α-hetero) is 1. The fourth-order valence-electron chi connectivity index (χ4n) is 1.48. The Balaban J connectivity index is 3.26. The highest BCUT2D eigenvalue weighted by Gasteiger charge is 2.34. The van der Waals surface area contributed by atoms with Gasteiger partial charge in [0, 0.05) is 11.8 Å². The summed E-state index contributed by atoms with van der Waals surface area (Å²) in [6.07, 6.45) is -4.64. The van der Waals surface area contributed by atoms with Crippen LogP contribution in [0.4, 0.5) is 13.2 Å². The average Bonchev–Trinajstić information content (AvgIpc) is 2.27. The van der Waals surface area contributed by atoms with Gasteiger partial charge in [-0.15, -0.1) is 0 Å². The molecule has 0 saturated carbocycles.